The highest BCUT2D eigenvalue weighted by molar-refractivity contribution is 8.03. The first-order chi connectivity index (χ1) is 14.5. The molecule has 0 fully saturated rings. The molecule has 1 atom stereocenters. The Morgan fingerprint density at radius 1 is 1.23 bits per heavy atom. The van der Waals surface area contributed by atoms with Gasteiger partial charge in [0.1, 0.15) is 5.75 Å². The summed E-state index contributed by atoms with van der Waals surface area (Å²) in [6.07, 6.45) is 0. The molecule has 1 N–H and O–H groups in total. The van der Waals surface area contributed by atoms with Gasteiger partial charge in [0.25, 0.3) is 0 Å². The molecule has 0 unspecified atom stereocenters. The minimum Gasteiger partial charge on any atom is -0.497 e. The molecule has 0 aliphatic carbocycles. The number of carbonyl (C=O) groups excluding carboxylic acids is 2. The SMILES string of the molecule is COC(=O)C1=C(C)NC(SCC(=O)c2ccc(OC)cc2)=C(C#N)[C@@H]1c1cccs1. The van der Waals surface area contributed by atoms with Crippen LogP contribution >= 0.6 is 23.1 Å². The van der Waals surface area contributed by atoms with Crippen molar-refractivity contribution in [3.8, 4) is 11.8 Å². The Kier molecular flexibility index (Phi) is 6.98. The summed E-state index contributed by atoms with van der Waals surface area (Å²) in [4.78, 5) is 25.9. The Morgan fingerprint density at radius 2 is 1.97 bits per heavy atom. The average Bonchev–Trinajstić information content (AvgIpc) is 3.31. The van der Waals surface area contributed by atoms with Crippen LogP contribution < -0.4 is 10.1 Å². The molecule has 0 spiro atoms. The van der Waals surface area contributed by atoms with Gasteiger partial charge in [0, 0.05) is 16.1 Å². The zero-order chi connectivity index (χ0) is 21.7. The van der Waals surface area contributed by atoms with Crippen LogP contribution in [0.25, 0.3) is 0 Å². The van der Waals surface area contributed by atoms with E-state index in [2.05, 4.69) is 11.4 Å². The number of methoxy groups -OCH3 is 2. The first-order valence-electron chi connectivity index (χ1n) is 9.04. The number of thiophene rings is 1. The van der Waals surface area contributed by atoms with Crippen LogP contribution in [0.1, 0.15) is 28.1 Å². The van der Waals surface area contributed by atoms with Crippen molar-refractivity contribution in [1.82, 2.24) is 5.32 Å². The van der Waals surface area contributed by atoms with E-state index in [1.54, 1.807) is 38.3 Å². The molecule has 1 aliphatic heterocycles. The number of hydrogen-bond donors (Lipinski definition) is 1. The third-order valence-corrected chi connectivity index (χ3v) is 6.59. The number of Topliss-reactive ketones (excluding diaryl/α,β-unsaturated/α-hetero) is 1. The fraction of sp³-hybridized carbons (Fsp3) is 0.227. The van der Waals surface area contributed by atoms with Crippen molar-refractivity contribution in [1.29, 1.82) is 5.26 Å². The molecule has 0 amide bonds. The maximum absolute atomic E-state index is 12.6. The summed E-state index contributed by atoms with van der Waals surface area (Å²) in [6.45, 7) is 1.77. The number of thioether (sulfide) groups is 1. The Morgan fingerprint density at radius 3 is 2.53 bits per heavy atom. The van der Waals surface area contributed by atoms with Gasteiger partial charge < -0.3 is 14.8 Å². The number of benzene rings is 1. The van der Waals surface area contributed by atoms with Crippen molar-refractivity contribution in [2.75, 3.05) is 20.0 Å². The van der Waals surface area contributed by atoms with E-state index in [-0.39, 0.29) is 11.5 Å². The number of ketones is 1. The molecule has 1 aliphatic rings. The zero-order valence-electron chi connectivity index (χ0n) is 16.7. The van der Waals surface area contributed by atoms with Crippen molar-refractivity contribution in [3.05, 3.63) is 74.1 Å². The molecule has 6 nitrogen and oxygen atoms in total. The van der Waals surface area contributed by atoms with Crippen molar-refractivity contribution in [3.63, 3.8) is 0 Å². The first-order valence-corrected chi connectivity index (χ1v) is 10.9. The molecule has 0 bridgehead atoms. The van der Waals surface area contributed by atoms with Crippen LogP contribution in [0.15, 0.2) is 63.7 Å². The number of hydrogen-bond acceptors (Lipinski definition) is 8. The van der Waals surface area contributed by atoms with Gasteiger partial charge in [-0.3, -0.25) is 4.79 Å². The number of allylic oxidation sites excluding steroid dienone is 2. The lowest BCUT2D eigenvalue weighted by molar-refractivity contribution is -0.136. The van der Waals surface area contributed by atoms with Crippen LogP contribution in [-0.4, -0.2) is 31.7 Å². The predicted molar refractivity (Wildman–Crippen MR) is 117 cm³/mol. The largest absolute Gasteiger partial charge is 0.497 e. The van der Waals surface area contributed by atoms with Gasteiger partial charge in [0.15, 0.2) is 5.78 Å². The quantitative estimate of drug-likeness (QED) is 0.509. The molecular weight excluding hydrogens is 420 g/mol. The van der Waals surface area contributed by atoms with E-state index in [4.69, 9.17) is 9.47 Å². The maximum atomic E-state index is 12.6. The van der Waals surface area contributed by atoms with Gasteiger partial charge in [-0.2, -0.15) is 5.26 Å². The van der Waals surface area contributed by atoms with E-state index in [0.717, 1.165) is 4.88 Å². The highest BCUT2D eigenvalue weighted by atomic mass is 32.2. The van der Waals surface area contributed by atoms with Gasteiger partial charge in [-0.05, 0) is 42.6 Å². The summed E-state index contributed by atoms with van der Waals surface area (Å²) in [7, 11) is 2.89. The summed E-state index contributed by atoms with van der Waals surface area (Å²) < 4.78 is 10.1. The highest BCUT2D eigenvalue weighted by Gasteiger charge is 2.36. The topological polar surface area (TPSA) is 88.4 Å². The molecule has 1 aromatic carbocycles. The Hall–Kier alpha value is -3.02. The summed E-state index contributed by atoms with van der Waals surface area (Å²) in [6, 6.07) is 12.9. The predicted octanol–water partition coefficient (Wildman–Crippen LogP) is 4.24. The van der Waals surface area contributed by atoms with E-state index >= 15 is 0 Å². The van der Waals surface area contributed by atoms with Gasteiger partial charge >= 0.3 is 5.97 Å². The molecule has 0 saturated carbocycles. The number of esters is 1. The lowest BCUT2D eigenvalue weighted by Crippen LogP contribution is -2.28. The third kappa shape index (κ3) is 4.42. The van der Waals surface area contributed by atoms with E-state index in [9.17, 15) is 14.9 Å². The monoisotopic (exact) mass is 440 g/mol. The molecule has 154 valence electrons. The van der Waals surface area contributed by atoms with Crippen LogP contribution in [0.3, 0.4) is 0 Å². The van der Waals surface area contributed by atoms with E-state index in [0.29, 0.717) is 33.2 Å². The molecule has 30 heavy (non-hydrogen) atoms. The zero-order valence-corrected chi connectivity index (χ0v) is 18.4. The van der Waals surface area contributed by atoms with Crippen LogP contribution in [0.5, 0.6) is 5.75 Å². The van der Waals surface area contributed by atoms with E-state index in [1.807, 2.05) is 17.5 Å². The number of rotatable bonds is 7. The standard InChI is InChI=1S/C22H20N2O4S2/c1-13-19(22(26)28-3)20(18-5-4-10-29-18)16(11-23)21(24-13)30-12-17(25)14-6-8-15(27-2)9-7-14/h4-10,20,24H,12H2,1-3H3/t20-/m1/s1. The summed E-state index contributed by atoms with van der Waals surface area (Å²) >= 11 is 2.72. The normalized spacial score (nSPS) is 16.0. The maximum Gasteiger partial charge on any atom is 0.336 e. The van der Waals surface area contributed by atoms with Gasteiger partial charge in [0.05, 0.1) is 48.1 Å². The number of dihydropyridines is 1. The van der Waals surface area contributed by atoms with Crippen LogP contribution in [-0.2, 0) is 9.53 Å². The van der Waals surface area contributed by atoms with Crippen LogP contribution in [0.2, 0.25) is 0 Å². The lowest BCUT2D eigenvalue weighted by atomic mass is 9.87. The van der Waals surface area contributed by atoms with Crippen LogP contribution in [0, 0.1) is 11.3 Å². The number of nitriles is 1. The third-order valence-electron chi connectivity index (χ3n) is 4.64. The van der Waals surface area contributed by atoms with Gasteiger partial charge in [-0.15, -0.1) is 11.3 Å². The summed E-state index contributed by atoms with van der Waals surface area (Å²) in [5, 5.41) is 15.5. The smallest absolute Gasteiger partial charge is 0.336 e. The van der Waals surface area contributed by atoms with Gasteiger partial charge in [-0.1, -0.05) is 17.8 Å². The lowest BCUT2D eigenvalue weighted by Gasteiger charge is -2.28. The molecule has 1 aromatic heterocycles. The van der Waals surface area contributed by atoms with Crippen molar-refractivity contribution >= 4 is 34.9 Å². The van der Waals surface area contributed by atoms with Crippen molar-refractivity contribution in [2.24, 2.45) is 0 Å². The Balaban J connectivity index is 1.88. The molecule has 3 rings (SSSR count). The number of ether oxygens (including phenoxy) is 2. The Labute approximate surface area is 183 Å². The second kappa shape index (κ2) is 9.65. The summed E-state index contributed by atoms with van der Waals surface area (Å²) in [5.74, 6) is -0.246. The number of nitrogens with one attached hydrogen (secondary N) is 1. The fourth-order valence-electron chi connectivity index (χ4n) is 3.14. The molecule has 2 heterocycles. The molecular formula is C22H20N2O4S2. The van der Waals surface area contributed by atoms with Gasteiger partial charge in [0.2, 0.25) is 0 Å². The van der Waals surface area contributed by atoms with Crippen LogP contribution in [0.4, 0.5) is 0 Å². The van der Waals surface area contributed by atoms with Gasteiger partial charge in [-0.25, -0.2) is 4.79 Å². The second-order valence-electron chi connectivity index (χ2n) is 6.40. The number of carbonyl (C=O) groups is 2. The number of nitrogens with zero attached hydrogens (tertiary/aromatic N) is 1. The minimum atomic E-state index is -0.526. The minimum absolute atomic E-state index is 0.0673. The van der Waals surface area contributed by atoms with E-state index in [1.165, 1.54) is 30.2 Å². The average molecular weight is 441 g/mol. The Bertz CT molecular complexity index is 1050. The molecule has 0 saturated heterocycles. The van der Waals surface area contributed by atoms with Crippen molar-refractivity contribution < 1.29 is 19.1 Å². The highest BCUT2D eigenvalue weighted by Crippen LogP contribution is 2.42. The van der Waals surface area contributed by atoms with Crippen molar-refractivity contribution in [2.45, 2.75) is 12.8 Å². The van der Waals surface area contributed by atoms with E-state index < -0.39 is 11.9 Å². The molecule has 0 radical (unpaired) electrons. The molecule has 8 heteroatoms. The first kappa shape index (κ1) is 21.7. The summed E-state index contributed by atoms with van der Waals surface area (Å²) in [5.41, 5.74) is 1.98. The second-order valence-corrected chi connectivity index (χ2v) is 8.36. The molecule has 2 aromatic rings. The fourth-order valence-corrected chi connectivity index (χ4v) is 4.97.